The van der Waals surface area contributed by atoms with Gasteiger partial charge in [0.1, 0.15) is 12.6 Å². The molecule has 0 aliphatic rings. The van der Waals surface area contributed by atoms with E-state index in [9.17, 15) is 18.0 Å². The maximum atomic E-state index is 14.3. The van der Waals surface area contributed by atoms with Gasteiger partial charge < -0.3 is 10.2 Å². The van der Waals surface area contributed by atoms with Gasteiger partial charge in [-0.25, -0.2) is 4.31 Å². The average Bonchev–Trinajstić information content (AvgIpc) is 2.90. The van der Waals surface area contributed by atoms with Gasteiger partial charge in [-0.2, -0.15) is 12.7 Å². The van der Waals surface area contributed by atoms with Gasteiger partial charge in [0.2, 0.25) is 11.8 Å². The van der Waals surface area contributed by atoms with Crippen LogP contribution in [0.15, 0.2) is 78.9 Å². The predicted octanol–water partition coefficient (Wildman–Crippen LogP) is 4.47. The van der Waals surface area contributed by atoms with Crippen molar-refractivity contribution >= 4 is 27.7 Å². The molecule has 0 aromatic heterocycles. The normalized spacial score (nSPS) is 12.6. The summed E-state index contributed by atoms with van der Waals surface area (Å²) in [4.78, 5) is 29.6. The molecule has 1 atom stereocenters. The Morgan fingerprint density at radius 3 is 1.95 bits per heavy atom. The molecule has 2 amide bonds. The highest BCUT2D eigenvalue weighted by Gasteiger charge is 2.36. The molecular formula is C32H42N4O4S. The third kappa shape index (κ3) is 8.65. The molecule has 0 saturated heterocycles. The van der Waals surface area contributed by atoms with E-state index >= 15 is 0 Å². The molecule has 0 heterocycles. The van der Waals surface area contributed by atoms with E-state index in [1.54, 1.807) is 6.07 Å². The van der Waals surface area contributed by atoms with Crippen molar-refractivity contribution in [3.05, 3.63) is 101 Å². The number of aryl methyl sites for hydroxylation is 2. The molecule has 8 nitrogen and oxygen atoms in total. The highest BCUT2D eigenvalue weighted by molar-refractivity contribution is 7.90. The molecule has 9 heteroatoms. The van der Waals surface area contributed by atoms with Gasteiger partial charge in [-0.05, 0) is 62.9 Å². The minimum absolute atomic E-state index is 0.136. The number of benzene rings is 3. The zero-order valence-electron chi connectivity index (χ0n) is 25.1. The summed E-state index contributed by atoms with van der Waals surface area (Å²) in [6.07, 6.45) is 0.269. The van der Waals surface area contributed by atoms with Crippen molar-refractivity contribution in [2.75, 3.05) is 24.9 Å². The highest BCUT2D eigenvalue weighted by Crippen LogP contribution is 2.26. The van der Waals surface area contributed by atoms with Crippen molar-refractivity contribution in [2.45, 2.75) is 59.2 Å². The minimum Gasteiger partial charge on any atom is -0.350 e. The fourth-order valence-electron chi connectivity index (χ4n) is 4.48. The average molecular weight is 579 g/mol. The molecule has 0 aliphatic carbocycles. The zero-order chi connectivity index (χ0) is 30.4. The van der Waals surface area contributed by atoms with Gasteiger partial charge in [0.05, 0.1) is 5.69 Å². The minimum atomic E-state index is -4.05. The van der Waals surface area contributed by atoms with Gasteiger partial charge in [-0.15, -0.1) is 0 Å². The summed E-state index contributed by atoms with van der Waals surface area (Å²) in [7, 11) is -1.17. The number of amides is 2. The second-order valence-electron chi connectivity index (χ2n) is 11.5. The van der Waals surface area contributed by atoms with Crippen LogP contribution in [0.4, 0.5) is 5.69 Å². The predicted molar refractivity (Wildman–Crippen MR) is 165 cm³/mol. The summed E-state index contributed by atoms with van der Waals surface area (Å²) in [6.45, 7) is 9.02. The van der Waals surface area contributed by atoms with Crippen molar-refractivity contribution in [2.24, 2.45) is 0 Å². The smallest absolute Gasteiger partial charge is 0.304 e. The Hall–Kier alpha value is -3.69. The van der Waals surface area contributed by atoms with Gasteiger partial charge in [-0.1, -0.05) is 72.8 Å². The monoisotopic (exact) mass is 578 g/mol. The number of nitrogens with zero attached hydrogens (tertiary/aromatic N) is 3. The van der Waals surface area contributed by atoms with Crippen LogP contribution in [-0.4, -0.2) is 61.7 Å². The van der Waals surface area contributed by atoms with Crippen molar-refractivity contribution in [1.82, 2.24) is 14.5 Å². The Bertz CT molecular complexity index is 1440. The Labute approximate surface area is 245 Å². The van der Waals surface area contributed by atoms with Crippen LogP contribution in [-0.2, 0) is 32.8 Å². The molecule has 0 radical (unpaired) electrons. The first-order valence-corrected chi connectivity index (χ1v) is 15.1. The highest BCUT2D eigenvalue weighted by atomic mass is 32.2. The van der Waals surface area contributed by atoms with Gasteiger partial charge in [-0.3, -0.25) is 9.59 Å². The molecule has 1 N–H and O–H groups in total. The molecule has 41 heavy (non-hydrogen) atoms. The van der Waals surface area contributed by atoms with Crippen LogP contribution in [0.2, 0.25) is 0 Å². The summed E-state index contributed by atoms with van der Waals surface area (Å²) < 4.78 is 29.4. The van der Waals surface area contributed by atoms with Crippen molar-refractivity contribution in [3.8, 4) is 0 Å². The lowest BCUT2D eigenvalue weighted by molar-refractivity contribution is -0.140. The van der Waals surface area contributed by atoms with Crippen LogP contribution >= 0.6 is 0 Å². The fraction of sp³-hybridized carbons (Fsp3) is 0.375. The number of nitrogens with one attached hydrogen (secondary N) is 1. The Morgan fingerprint density at radius 2 is 1.41 bits per heavy atom. The molecule has 0 unspecified atom stereocenters. The van der Waals surface area contributed by atoms with Crippen LogP contribution in [0.1, 0.15) is 43.0 Å². The quantitative estimate of drug-likeness (QED) is 0.364. The number of anilines is 1. The van der Waals surface area contributed by atoms with Crippen LogP contribution in [0, 0.1) is 13.8 Å². The molecule has 0 aliphatic heterocycles. The Balaban J connectivity index is 2.13. The molecule has 3 aromatic rings. The zero-order valence-corrected chi connectivity index (χ0v) is 25.9. The van der Waals surface area contributed by atoms with E-state index in [2.05, 4.69) is 5.32 Å². The standard InChI is InChI=1S/C32H42N4O4S/c1-24-18-19-25(2)28(20-24)36(41(39,40)34(6)7)23-30(37)35(22-27-16-12-9-13-17-27)29(31(38)33-32(3,4)5)21-26-14-10-8-11-15-26/h8-20,29H,21-23H2,1-7H3,(H,33,38)/t29-/m1/s1. The number of carbonyl (C=O) groups is 2. The van der Waals surface area contributed by atoms with Gasteiger partial charge >= 0.3 is 10.2 Å². The fourth-order valence-corrected chi connectivity index (χ4v) is 5.59. The lowest BCUT2D eigenvalue weighted by atomic mass is 10.0. The summed E-state index contributed by atoms with van der Waals surface area (Å²) in [5.74, 6) is -0.787. The van der Waals surface area contributed by atoms with Gasteiger partial charge in [0.15, 0.2) is 0 Å². The molecule has 0 saturated carbocycles. The van der Waals surface area contributed by atoms with E-state index < -0.39 is 34.2 Å². The summed E-state index contributed by atoms with van der Waals surface area (Å²) >= 11 is 0. The molecular weight excluding hydrogens is 536 g/mol. The van der Waals surface area contributed by atoms with Crippen LogP contribution < -0.4 is 9.62 Å². The summed E-state index contributed by atoms with van der Waals surface area (Å²) in [6, 6.07) is 23.5. The molecule has 220 valence electrons. The summed E-state index contributed by atoms with van der Waals surface area (Å²) in [5, 5.41) is 3.04. The molecule has 3 aromatic carbocycles. The second kappa shape index (κ2) is 13.3. The molecule has 3 rings (SSSR count). The third-order valence-electron chi connectivity index (χ3n) is 6.62. The molecule has 0 fully saturated rings. The first kappa shape index (κ1) is 31.8. The SMILES string of the molecule is Cc1ccc(C)c(N(CC(=O)N(Cc2ccccc2)[C@H](Cc2ccccc2)C(=O)NC(C)(C)C)S(=O)(=O)N(C)C)c1. The Kier molecular flexibility index (Phi) is 10.3. The van der Waals surface area contributed by atoms with E-state index in [-0.39, 0.29) is 18.9 Å². The van der Waals surface area contributed by atoms with Crippen LogP contribution in [0.3, 0.4) is 0 Å². The van der Waals surface area contributed by atoms with Gasteiger partial charge in [0, 0.05) is 32.6 Å². The van der Waals surface area contributed by atoms with Crippen molar-refractivity contribution in [3.63, 3.8) is 0 Å². The van der Waals surface area contributed by atoms with E-state index in [4.69, 9.17) is 0 Å². The van der Waals surface area contributed by atoms with Gasteiger partial charge in [0.25, 0.3) is 0 Å². The number of hydrogen-bond acceptors (Lipinski definition) is 4. The lowest BCUT2D eigenvalue weighted by Crippen LogP contribution is -2.56. The van der Waals surface area contributed by atoms with E-state index in [0.717, 1.165) is 30.9 Å². The molecule has 0 bridgehead atoms. The summed E-state index contributed by atoms with van der Waals surface area (Å²) in [5.41, 5.74) is 3.19. The van der Waals surface area contributed by atoms with Crippen molar-refractivity contribution in [1.29, 1.82) is 0 Å². The van der Waals surface area contributed by atoms with Crippen molar-refractivity contribution < 1.29 is 18.0 Å². The lowest BCUT2D eigenvalue weighted by Gasteiger charge is -2.36. The first-order valence-electron chi connectivity index (χ1n) is 13.7. The molecule has 0 spiro atoms. The van der Waals surface area contributed by atoms with Crippen LogP contribution in [0.5, 0.6) is 0 Å². The van der Waals surface area contributed by atoms with E-state index in [0.29, 0.717) is 5.69 Å². The van der Waals surface area contributed by atoms with E-state index in [1.807, 2.05) is 107 Å². The second-order valence-corrected chi connectivity index (χ2v) is 13.6. The number of carbonyl (C=O) groups excluding carboxylic acids is 2. The topological polar surface area (TPSA) is 90.0 Å². The largest absolute Gasteiger partial charge is 0.350 e. The van der Waals surface area contributed by atoms with E-state index in [1.165, 1.54) is 19.0 Å². The first-order chi connectivity index (χ1) is 19.2. The number of rotatable bonds is 11. The third-order valence-corrected chi connectivity index (χ3v) is 8.42. The maximum absolute atomic E-state index is 14.3. The number of hydrogen-bond donors (Lipinski definition) is 1. The van der Waals surface area contributed by atoms with Crippen LogP contribution in [0.25, 0.3) is 0 Å². The Morgan fingerprint density at radius 1 is 0.854 bits per heavy atom. The maximum Gasteiger partial charge on any atom is 0.304 e.